The van der Waals surface area contributed by atoms with Crippen molar-refractivity contribution in [1.82, 2.24) is 9.78 Å². The zero-order valence-corrected chi connectivity index (χ0v) is 9.03. The van der Waals surface area contributed by atoms with Crippen molar-refractivity contribution >= 4 is 5.82 Å². The fraction of sp³-hybridized carbons (Fsp3) is 0.700. The second-order valence-electron chi connectivity index (χ2n) is 3.57. The first-order valence-corrected chi connectivity index (χ1v) is 5.19. The summed E-state index contributed by atoms with van der Waals surface area (Å²) in [6, 6.07) is 1.98. The van der Waals surface area contributed by atoms with Gasteiger partial charge in [-0.05, 0) is 18.9 Å². The first-order chi connectivity index (χ1) is 6.77. The minimum atomic E-state index is 0.635. The summed E-state index contributed by atoms with van der Waals surface area (Å²) in [6.45, 7) is 3.93. The third kappa shape index (κ3) is 3.03. The quantitative estimate of drug-likeness (QED) is 0.719. The molecule has 1 atom stereocenters. The van der Waals surface area contributed by atoms with E-state index in [2.05, 4.69) is 17.3 Å². The van der Waals surface area contributed by atoms with E-state index in [-0.39, 0.29) is 0 Å². The number of nitrogens with zero attached hydrogens (tertiary/aromatic N) is 2. The van der Waals surface area contributed by atoms with Gasteiger partial charge in [-0.25, -0.2) is 0 Å². The normalized spacial score (nSPS) is 12.8. The van der Waals surface area contributed by atoms with Crippen LogP contribution in [0.1, 0.15) is 19.8 Å². The van der Waals surface area contributed by atoms with Crippen LogP contribution in [0.25, 0.3) is 0 Å². The van der Waals surface area contributed by atoms with Crippen LogP contribution in [-0.4, -0.2) is 22.9 Å². The summed E-state index contributed by atoms with van der Waals surface area (Å²) < 4.78 is 1.84. The van der Waals surface area contributed by atoms with Crippen LogP contribution in [0.5, 0.6) is 0 Å². The number of anilines is 1. The number of hydrogen-bond donors (Lipinski definition) is 2. The lowest BCUT2D eigenvalue weighted by atomic mass is 10.0. The van der Waals surface area contributed by atoms with E-state index in [0.29, 0.717) is 5.92 Å². The molecule has 3 N–H and O–H groups in total. The molecule has 0 saturated carbocycles. The lowest BCUT2D eigenvalue weighted by Gasteiger charge is -2.12. The van der Waals surface area contributed by atoms with Gasteiger partial charge in [0.25, 0.3) is 0 Å². The summed E-state index contributed by atoms with van der Waals surface area (Å²) in [4.78, 5) is 0. The van der Waals surface area contributed by atoms with Gasteiger partial charge in [-0.1, -0.05) is 13.3 Å². The molecule has 4 nitrogen and oxygen atoms in total. The highest BCUT2D eigenvalue weighted by atomic mass is 15.3. The first kappa shape index (κ1) is 11.0. The van der Waals surface area contributed by atoms with E-state index in [9.17, 15) is 0 Å². The van der Waals surface area contributed by atoms with E-state index in [1.807, 2.05) is 17.8 Å². The SMILES string of the molecule is CCC(CN)CCNc1ccnn1C. The van der Waals surface area contributed by atoms with E-state index in [1.54, 1.807) is 6.20 Å². The molecule has 1 rings (SSSR count). The van der Waals surface area contributed by atoms with Crippen LogP contribution in [-0.2, 0) is 7.05 Å². The zero-order valence-electron chi connectivity index (χ0n) is 9.03. The predicted octanol–water partition coefficient (Wildman–Crippen LogP) is 1.21. The average Bonchev–Trinajstić information content (AvgIpc) is 2.59. The minimum absolute atomic E-state index is 0.635. The maximum absolute atomic E-state index is 5.63. The van der Waals surface area contributed by atoms with E-state index in [1.165, 1.54) is 0 Å². The van der Waals surface area contributed by atoms with Gasteiger partial charge in [0, 0.05) is 19.7 Å². The molecule has 0 bridgehead atoms. The number of hydrogen-bond acceptors (Lipinski definition) is 3. The third-order valence-corrected chi connectivity index (χ3v) is 2.59. The van der Waals surface area contributed by atoms with Gasteiger partial charge in [0.2, 0.25) is 0 Å². The molecule has 0 saturated heterocycles. The Balaban J connectivity index is 2.24. The minimum Gasteiger partial charge on any atom is -0.370 e. The molecule has 0 radical (unpaired) electrons. The van der Waals surface area contributed by atoms with Crippen LogP contribution in [0.3, 0.4) is 0 Å². The number of nitrogens with two attached hydrogens (primary N) is 1. The van der Waals surface area contributed by atoms with Crippen LogP contribution in [0, 0.1) is 5.92 Å². The summed E-state index contributed by atoms with van der Waals surface area (Å²) >= 11 is 0. The average molecular weight is 196 g/mol. The summed E-state index contributed by atoms with van der Waals surface area (Å²) in [7, 11) is 1.93. The van der Waals surface area contributed by atoms with Crippen molar-refractivity contribution in [3.63, 3.8) is 0 Å². The van der Waals surface area contributed by atoms with Crippen molar-refractivity contribution in [3.8, 4) is 0 Å². The van der Waals surface area contributed by atoms with Gasteiger partial charge < -0.3 is 11.1 Å². The van der Waals surface area contributed by atoms with Crippen molar-refractivity contribution in [1.29, 1.82) is 0 Å². The third-order valence-electron chi connectivity index (χ3n) is 2.59. The van der Waals surface area contributed by atoms with Crippen molar-refractivity contribution in [3.05, 3.63) is 12.3 Å². The largest absolute Gasteiger partial charge is 0.370 e. The molecular formula is C10H20N4. The monoisotopic (exact) mass is 196 g/mol. The highest BCUT2D eigenvalue weighted by Gasteiger charge is 2.03. The molecule has 0 amide bonds. The van der Waals surface area contributed by atoms with Gasteiger partial charge in [0.15, 0.2) is 0 Å². The lowest BCUT2D eigenvalue weighted by molar-refractivity contribution is 0.494. The lowest BCUT2D eigenvalue weighted by Crippen LogP contribution is -2.17. The molecule has 1 aromatic rings. The van der Waals surface area contributed by atoms with E-state index in [0.717, 1.165) is 31.7 Å². The summed E-state index contributed by atoms with van der Waals surface area (Å²) in [5, 5.41) is 7.42. The highest BCUT2D eigenvalue weighted by Crippen LogP contribution is 2.08. The van der Waals surface area contributed by atoms with E-state index < -0.39 is 0 Å². The van der Waals surface area contributed by atoms with Gasteiger partial charge in [0.05, 0.1) is 6.20 Å². The number of nitrogens with one attached hydrogen (secondary N) is 1. The Morgan fingerprint density at radius 3 is 2.93 bits per heavy atom. The summed E-state index contributed by atoms with van der Waals surface area (Å²) in [5.74, 6) is 1.70. The Morgan fingerprint density at radius 1 is 1.64 bits per heavy atom. The zero-order chi connectivity index (χ0) is 10.4. The van der Waals surface area contributed by atoms with Gasteiger partial charge >= 0.3 is 0 Å². The van der Waals surface area contributed by atoms with E-state index >= 15 is 0 Å². The molecule has 1 aromatic heterocycles. The smallest absolute Gasteiger partial charge is 0.123 e. The molecular weight excluding hydrogens is 176 g/mol. The maximum Gasteiger partial charge on any atom is 0.123 e. The van der Waals surface area contributed by atoms with Crippen molar-refractivity contribution < 1.29 is 0 Å². The molecule has 0 fully saturated rings. The highest BCUT2D eigenvalue weighted by molar-refractivity contribution is 5.33. The topological polar surface area (TPSA) is 55.9 Å². The molecule has 14 heavy (non-hydrogen) atoms. The molecule has 0 aliphatic heterocycles. The predicted molar refractivity (Wildman–Crippen MR) is 59.2 cm³/mol. The Labute approximate surface area is 85.5 Å². The second kappa shape index (κ2) is 5.65. The summed E-state index contributed by atoms with van der Waals surface area (Å²) in [5.41, 5.74) is 5.63. The number of aryl methyl sites for hydroxylation is 1. The molecule has 0 aliphatic carbocycles. The van der Waals surface area contributed by atoms with Crippen LogP contribution < -0.4 is 11.1 Å². The fourth-order valence-corrected chi connectivity index (χ4v) is 1.44. The Bertz CT molecular complexity index is 252. The fourth-order valence-electron chi connectivity index (χ4n) is 1.44. The maximum atomic E-state index is 5.63. The van der Waals surface area contributed by atoms with Gasteiger partial charge in [0.1, 0.15) is 5.82 Å². The van der Waals surface area contributed by atoms with Crippen molar-refractivity contribution in [2.75, 3.05) is 18.4 Å². The Hall–Kier alpha value is -1.03. The number of aromatic nitrogens is 2. The number of rotatable bonds is 6. The van der Waals surface area contributed by atoms with Crippen LogP contribution in [0.4, 0.5) is 5.82 Å². The molecule has 1 heterocycles. The molecule has 80 valence electrons. The first-order valence-electron chi connectivity index (χ1n) is 5.19. The molecule has 4 heteroatoms. The van der Waals surface area contributed by atoms with Gasteiger partial charge in [-0.15, -0.1) is 0 Å². The van der Waals surface area contributed by atoms with Crippen molar-refractivity contribution in [2.24, 2.45) is 18.7 Å². The van der Waals surface area contributed by atoms with Gasteiger partial charge in [-0.3, -0.25) is 4.68 Å². The van der Waals surface area contributed by atoms with Crippen LogP contribution in [0.15, 0.2) is 12.3 Å². The molecule has 0 aromatic carbocycles. The molecule has 0 aliphatic rings. The van der Waals surface area contributed by atoms with Crippen molar-refractivity contribution in [2.45, 2.75) is 19.8 Å². The standard InChI is InChI=1S/C10H20N4/c1-3-9(8-11)4-6-12-10-5-7-13-14(10)2/h5,7,9,12H,3-4,6,8,11H2,1-2H3. The van der Waals surface area contributed by atoms with E-state index in [4.69, 9.17) is 5.73 Å². The molecule has 1 unspecified atom stereocenters. The Kier molecular flexibility index (Phi) is 4.46. The van der Waals surface area contributed by atoms with Crippen LogP contribution in [0.2, 0.25) is 0 Å². The second-order valence-corrected chi connectivity index (χ2v) is 3.57. The van der Waals surface area contributed by atoms with Gasteiger partial charge in [-0.2, -0.15) is 5.10 Å². The molecule has 0 spiro atoms. The summed E-state index contributed by atoms with van der Waals surface area (Å²) in [6.07, 6.45) is 4.07. The van der Waals surface area contributed by atoms with Crippen LogP contribution >= 0.6 is 0 Å². The Morgan fingerprint density at radius 2 is 2.43 bits per heavy atom.